The molecule has 2 saturated heterocycles. The molecule has 0 saturated carbocycles. The highest BCUT2D eigenvalue weighted by molar-refractivity contribution is 5.79. The lowest BCUT2D eigenvalue weighted by Crippen LogP contribution is -2.38. The number of rotatable bonds is 5. The van der Waals surface area contributed by atoms with Crippen LogP contribution in [0, 0.1) is 17.8 Å². The molecule has 1 amide bonds. The third kappa shape index (κ3) is 3.74. The van der Waals surface area contributed by atoms with Crippen LogP contribution >= 0.6 is 0 Å². The maximum absolute atomic E-state index is 12.9. The Labute approximate surface area is 176 Å². The predicted molar refractivity (Wildman–Crippen MR) is 115 cm³/mol. The molecule has 2 aromatic rings. The minimum absolute atomic E-state index is 0.0115. The molecule has 3 heterocycles. The minimum atomic E-state index is -0.389. The number of hydrogen-bond acceptors (Lipinski definition) is 4. The van der Waals surface area contributed by atoms with Gasteiger partial charge in [0.2, 0.25) is 5.91 Å². The minimum Gasteiger partial charge on any atom is -0.335 e. The van der Waals surface area contributed by atoms with Crippen LogP contribution in [-0.2, 0) is 18.3 Å². The Balaban J connectivity index is 1.49. The quantitative estimate of drug-likeness (QED) is 0.808. The van der Waals surface area contributed by atoms with Crippen molar-refractivity contribution < 1.29 is 4.79 Å². The lowest BCUT2D eigenvalue weighted by Gasteiger charge is -2.31. The first-order valence-electron chi connectivity index (χ1n) is 10.7. The molecule has 2 fully saturated rings. The molecule has 0 radical (unpaired) electrons. The summed E-state index contributed by atoms with van der Waals surface area (Å²) in [5.74, 6) is 1.05. The predicted octanol–water partition coefficient (Wildman–Crippen LogP) is 1.40. The summed E-state index contributed by atoms with van der Waals surface area (Å²) in [5, 5.41) is 0. The number of aromatic nitrogens is 2. The summed E-state index contributed by atoms with van der Waals surface area (Å²) in [7, 11) is 1.50. The van der Waals surface area contributed by atoms with Crippen LogP contribution in [0.2, 0.25) is 0 Å². The van der Waals surface area contributed by atoms with Crippen LogP contribution < -0.4 is 11.2 Å². The molecule has 1 aromatic carbocycles. The van der Waals surface area contributed by atoms with Crippen molar-refractivity contribution in [2.24, 2.45) is 24.8 Å². The first kappa shape index (κ1) is 20.6. The van der Waals surface area contributed by atoms with Crippen molar-refractivity contribution in [1.82, 2.24) is 19.4 Å². The highest BCUT2D eigenvalue weighted by Gasteiger charge is 2.49. The van der Waals surface area contributed by atoms with Gasteiger partial charge in [0, 0.05) is 56.8 Å². The Bertz CT molecular complexity index is 1030. The van der Waals surface area contributed by atoms with Gasteiger partial charge in [-0.05, 0) is 17.9 Å². The number of likely N-dealkylation sites (tertiary alicyclic amines) is 2. The van der Waals surface area contributed by atoms with Crippen molar-refractivity contribution in [1.29, 1.82) is 0 Å². The number of fused-ring (bicyclic) bond motifs is 1. The van der Waals surface area contributed by atoms with Gasteiger partial charge in [-0.15, -0.1) is 0 Å². The van der Waals surface area contributed by atoms with Crippen molar-refractivity contribution >= 4 is 5.91 Å². The molecular weight excluding hydrogens is 380 g/mol. The molecule has 0 bridgehead atoms. The Morgan fingerprint density at radius 1 is 1.13 bits per heavy atom. The van der Waals surface area contributed by atoms with Gasteiger partial charge < -0.3 is 14.8 Å². The fraction of sp³-hybridized carbons (Fsp3) is 0.522. The summed E-state index contributed by atoms with van der Waals surface area (Å²) in [6.45, 7) is 7.34. The zero-order valence-corrected chi connectivity index (χ0v) is 17.9. The zero-order chi connectivity index (χ0) is 21.4. The molecule has 2 aliphatic rings. The zero-order valence-electron chi connectivity index (χ0n) is 17.9. The number of aromatic amines is 1. The second kappa shape index (κ2) is 8.22. The maximum atomic E-state index is 12.9. The summed E-state index contributed by atoms with van der Waals surface area (Å²) in [5.41, 5.74) is 1.22. The summed E-state index contributed by atoms with van der Waals surface area (Å²) >= 11 is 0. The van der Waals surface area contributed by atoms with Crippen LogP contribution in [0.3, 0.4) is 0 Å². The van der Waals surface area contributed by atoms with Crippen LogP contribution in [0.1, 0.15) is 31.0 Å². The number of amides is 1. The van der Waals surface area contributed by atoms with E-state index >= 15 is 0 Å². The number of benzene rings is 1. The van der Waals surface area contributed by atoms with E-state index in [9.17, 15) is 14.4 Å². The average Bonchev–Trinajstić information content (AvgIpc) is 3.29. The molecule has 1 N–H and O–H groups in total. The third-order valence-electron chi connectivity index (χ3n) is 6.61. The van der Waals surface area contributed by atoms with Crippen LogP contribution in [0.4, 0.5) is 0 Å². The van der Waals surface area contributed by atoms with Crippen molar-refractivity contribution in [2.75, 3.05) is 26.2 Å². The lowest BCUT2D eigenvalue weighted by molar-refractivity contribution is -0.136. The van der Waals surface area contributed by atoms with Crippen molar-refractivity contribution in [2.45, 2.75) is 26.3 Å². The lowest BCUT2D eigenvalue weighted by atomic mass is 9.89. The molecule has 2 aliphatic heterocycles. The van der Waals surface area contributed by atoms with E-state index in [1.165, 1.54) is 18.8 Å². The monoisotopic (exact) mass is 410 g/mol. The number of carbonyl (C=O) groups is 1. The van der Waals surface area contributed by atoms with Crippen molar-refractivity contribution in [3.05, 3.63) is 68.5 Å². The summed E-state index contributed by atoms with van der Waals surface area (Å²) in [6, 6.07) is 10.5. The molecule has 160 valence electrons. The number of carbonyl (C=O) groups excluding carboxylic acids is 1. The molecule has 0 spiro atoms. The topological polar surface area (TPSA) is 78.4 Å². The van der Waals surface area contributed by atoms with Gasteiger partial charge in [-0.3, -0.25) is 14.2 Å². The third-order valence-corrected chi connectivity index (χ3v) is 6.61. The van der Waals surface area contributed by atoms with Gasteiger partial charge in [0.1, 0.15) is 0 Å². The average molecular weight is 411 g/mol. The van der Waals surface area contributed by atoms with Gasteiger partial charge >= 0.3 is 5.69 Å². The maximum Gasteiger partial charge on any atom is 0.328 e. The molecular formula is C23H30N4O3. The normalized spacial score (nSPS) is 23.9. The molecule has 0 aliphatic carbocycles. The Morgan fingerprint density at radius 3 is 2.57 bits per heavy atom. The highest BCUT2D eigenvalue weighted by atomic mass is 16.2. The van der Waals surface area contributed by atoms with E-state index in [1.54, 1.807) is 0 Å². The number of nitrogens with one attached hydrogen (secondary N) is 1. The van der Waals surface area contributed by atoms with Gasteiger partial charge in [-0.1, -0.05) is 44.2 Å². The van der Waals surface area contributed by atoms with Crippen molar-refractivity contribution in [3.8, 4) is 0 Å². The number of H-pyrrole nitrogens is 1. The Hall–Kier alpha value is -2.67. The molecule has 0 unspecified atom stereocenters. The SMILES string of the molecule is CC(C)C(=O)N1C[C@@H]2CN(CCc3c[nH]c(=O)n(C)c3=O)C[C@@H]2[C@H]1c1ccccc1. The Kier molecular flexibility index (Phi) is 5.64. The van der Waals surface area contributed by atoms with Crippen LogP contribution in [0.5, 0.6) is 0 Å². The van der Waals surface area contributed by atoms with E-state index in [-0.39, 0.29) is 29.1 Å². The number of nitrogens with zero attached hydrogens (tertiary/aromatic N) is 3. The van der Waals surface area contributed by atoms with Crippen LogP contribution in [0.25, 0.3) is 0 Å². The van der Waals surface area contributed by atoms with E-state index in [1.807, 2.05) is 32.0 Å². The van der Waals surface area contributed by atoms with Gasteiger partial charge in [-0.25, -0.2) is 4.79 Å². The molecule has 3 atom stereocenters. The molecule has 30 heavy (non-hydrogen) atoms. The smallest absolute Gasteiger partial charge is 0.328 e. The summed E-state index contributed by atoms with van der Waals surface area (Å²) < 4.78 is 1.12. The van der Waals surface area contributed by atoms with Crippen molar-refractivity contribution in [3.63, 3.8) is 0 Å². The van der Waals surface area contributed by atoms with Gasteiger partial charge in [0.05, 0.1) is 6.04 Å². The van der Waals surface area contributed by atoms with Crippen LogP contribution in [0.15, 0.2) is 46.1 Å². The standard InChI is InChI=1S/C23H30N4O3/c1-15(2)21(28)27-13-18-12-26(10-9-17-11-24-23(30)25(3)22(17)29)14-19(18)20(27)16-7-5-4-6-8-16/h4-8,11,15,18-20H,9-10,12-14H2,1-3H3,(H,24,30)/t18-,19-,20+/m0/s1. The van der Waals surface area contributed by atoms with E-state index in [0.29, 0.717) is 23.8 Å². The second-order valence-electron chi connectivity index (χ2n) is 8.92. The van der Waals surface area contributed by atoms with Gasteiger partial charge in [0.15, 0.2) is 0 Å². The summed E-state index contributed by atoms with van der Waals surface area (Å²) in [6.07, 6.45) is 2.14. The van der Waals surface area contributed by atoms with Crippen LogP contribution in [-0.4, -0.2) is 51.4 Å². The second-order valence-corrected chi connectivity index (χ2v) is 8.92. The van der Waals surface area contributed by atoms with Gasteiger partial charge in [-0.2, -0.15) is 0 Å². The van der Waals surface area contributed by atoms with E-state index in [2.05, 4.69) is 26.9 Å². The van der Waals surface area contributed by atoms with E-state index < -0.39 is 0 Å². The van der Waals surface area contributed by atoms with E-state index in [0.717, 1.165) is 30.7 Å². The Morgan fingerprint density at radius 2 is 1.87 bits per heavy atom. The molecule has 4 rings (SSSR count). The first-order chi connectivity index (χ1) is 14.4. The van der Waals surface area contributed by atoms with Gasteiger partial charge in [0.25, 0.3) is 5.56 Å². The highest BCUT2D eigenvalue weighted by Crippen LogP contribution is 2.45. The first-order valence-corrected chi connectivity index (χ1v) is 10.7. The van der Waals surface area contributed by atoms with E-state index in [4.69, 9.17) is 0 Å². The molecule has 1 aromatic heterocycles. The fourth-order valence-corrected chi connectivity index (χ4v) is 5.03. The molecule has 7 heteroatoms. The number of hydrogen-bond donors (Lipinski definition) is 1. The molecule has 7 nitrogen and oxygen atoms in total. The largest absolute Gasteiger partial charge is 0.335 e. The fourth-order valence-electron chi connectivity index (χ4n) is 5.03. The summed E-state index contributed by atoms with van der Waals surface area (Å²) in [4.78, 5) is 43.8.